The van der Waals surface area contributed by atoms with Gasteiger partial charge in [0, 0.05) is 45.4 Å². The highest BCUT2D eigenvalue weighted by atomic mass is 19.2. The van der Waals surface area contributed by atoms with E-state index < -0.39 is 11.6 Å². The molecule has 3 rings (SSSR count). The lowest BCUT2D eigenvalue weighted by molar-refractivity contribution is 0.0499. The molecule has 0 radical (unpaired) electrons. The molecule has 0 aromatic heterocycles. The predicted octanol–water partition coefficient (Wildman–Crippen LogP) is 2.74. The number of hydrogen-bond acceptors (Lipinski definition) is 4. The molecule has 0 amide bonds. The van der Waals surface area contributed by atoms with E-state index in [1.165, 1.54) is 6.07 Å². The van der Waals surface area contributed by atoms with Crippen LogP contribution in [0.5, 0.6) is 5.75 Å². The van der Waals surface area contributed by atoms with Gasteiger partial charge in [0.25, 0.3) is 0 Å². The van der Waals surface area contributed by atoms with Gasteiger partial charge in [-0.15, -0.1) is 0 Å². The second-order valence-electron chi connectivity index (χ2n) is 6.79. The monoisotopic (exact) mass is 362 g/mol. The van der Waals surface area contributed by atoms with Crippen LogP contribution in [0.2, 0.25) is 0 Å². The van der Waals surface area contributed by atoms with Crippen molar-refractivity contribution in [3.63, 3.8) is 0 Å². The van der Waals surface area contributed by atoms with Crippen LogP contribution in [-0.4, -0.2) is 52.3 Å². The lowest BCUT2D eigenvalue weighted by Gasteiger charge is -2.41. The van der Waals surface area contributed by atoms with Crippen molar-refractivity contribution in [2.24, 2.45) is 0 Å². The summed E-state index contributed by atoms with van der Waals surface area (Å²) in [6, 6.07) is 11.4. The van der Waals surface area contributed by atoms with Gasteiger partial charge < -0.3 is 10.2 Å². The maximum absolute atomic E-state index is 13.5. The lowest BCUT2D eigenvalue weighted by Crippen LogP contribution is -2.52. The fourth-order valence-corrected chi connectivity index (χ4v) is 3.52. The number of phenols is 1. The third-order valence-corrected chi connectivity index (χ3v) is 4.84. The van der Waals surface area contributed by atoms with E-state index in [0.29, 0.717) is 13.0 Å². The first-order valence-corrected chi connectivity index (χ1v) is 8.84. The first-order chi connectivity index (χ1) is 12.5. The topological polar surface area (TPSA) is 46.9 Å². The van der Waals surface area contributed by atoms with Gasteiger partial charge in [-0.1, -0.05) is 18.2 Å². The van der Waals surface area contributed by atoms with E-state index in [-0.39, 0.29) is 18.4 Å². The van der Waals surface area contributed by atoms with Crippen molar-refractivity contribution in [1.82, 2.24) is 9.80 Å². The van der Waals surface area contributed by atoms with E-state index >= 15 is 0 Å². The van der Waals surface area contributed by atoms with Crippen LogP contribution in [0.3, 0.4) is 0 Å². The Bertz CT molecular complexity index is 742. The Balaban J connectivity index is 1.64. The number of hydrogen-bond donors (Lipinski definition) is 2. The summed E-state index contributed by atoms with van der Waals surface area (Å²) in [4.78, 5) is 4.50. The molecule has 1 aliphatic heterocycles. The van der Waals surface area contributed by atoms with Crippen LogP contribution in [0, 0.1) is 11.6 Å². The van der Waals surface area contributed by atoms with Gasteiger partial charge in [0.2, 0.25) is 0 Å². The average molecular weight is 362 g/mol. The minimum atomic E-state index is -0.836. The smallest absolute Gasteiger partial charge is 0.159 e. The van der Waals surface area contributed by atoms with E-state index in [1.807, 2.05) is 12.1 Å². The summed E-state index contributed by atoms with van der Waals surface area (Å²) in [5.41, 5.74) is 1.77. The van der Waals surface area contributed by atoms with E-state index in [1.54, 1.807) is 18.2 Å². The second-order valence-corrected chi connectivity index (χ2v) is 6.79. The average Bonchev–Trinajstić information content (AvgIpc) is 2.61. The standard InChI is InChI=1S/C20H24F2N2O2/c21-19-5-4-16(11-20(19)22)13-24-8-7-23(14-17(24)6-9-25)12-15-2-1-3-18(26)10-15/h1-5,10-11,17,25-26H,6-9,12-14H2. The summed E-state index contributed by atoms with van der Waals surface area (Å²) in [6.07, 6.45) is 0.625. The number of halogens is 2. The Morgan fingerprint density at radius 3 is 2.50 bits per heavy atom. The van der Waals surface area contributed by atoms with Crippen LogP contribution < -0.4 is 0 Å². The first kappa shape index (κ1) is 18.8. The van der Waals surface area contributed by atoms with Crippen molar-refractivity contribution in [1.29, 1.82) is 0 Å². The molecule has 6 heteroatoms. The number of nitrogens with zero attached hydrogens (tertiary/aromatic N) is 2. The Labute approximate surface area is 152 Å². The molecule has 4 nitrogen and oxygen atoms in total. The van der Waals surface area contributed by atoms with Crippen molar-refractivity contribution in [2.45, 2.75) is 25.6 Å². The number of aliphatic hydroxyl groups is 1. The largest absolute Gasteiger partial charge is 0.508 e. The number of benzene rings is 2. The second kappa shape index (κ2) is 8.58. The van der Waals surface area contributed by atoms with Crippen LogP contribution in [0.4, 0.5) is 8.78 Å². The number of phenolic OH excluding ortho intramolecular Hbond substituents is 1. The molecule has 0 spiro atoms. The van der Waals surface area contributed by atoms with Crippen LogP contribution in [0.25, 0.3) is 0 Å². The quantitative estimate of drug-likeness (QED) is 0.830. The summed E-state index contributed by atoms with van der Waals surface area (Å²) < 4.78 is 26.6. The molecule has 2 N–H and O–H groups in total. The van der Waals surface area contributed by atoms with Crippen molar-refractivity contribution in [3.05, 3.63) is 65.2 Å². The van der Waals surface area contributed by atoms with Crippen LogP contribution in [0.1, 0.15) is 17.5 Å². The molecule has 26 heavy (non-hydrogen) atoms. The minimum Gasteiger partial charge on any atom is -0.508 e. The highest BCUT2D eigenvalue weighted by Crippen LogP contribution is 2.20. The van der Waals surface area contributed by atoms with E-state index in [2.05, 4.69) is 9.80 Å². The zero-order chi connectivity index (χ0) is 18.5. The van der Waals surface area contributed by atoms with Crippen LogP contribution in [0.15, 0.2) is 42.5 Å². The molecular formula is C20H24F2N2O2. The number of aliphatic hydroxyl groups excluding tert-OH is 1. The molecule has 140 valence electrons. The molecule has 2 aromatic carbocycles. The molecular weight excluding hydrogens is 338 g/mol. The van der Waals surface area contributed by atoms with Gasteiger partial charge in [-0.05, 0) is 41.8 Å². The van der Waals surface area contributed by atoms with Gasteiger partial charge in [-0.3, -0.25) is 9.80 Å². The van der Waals surface area contributed by atoms with Crippen LogP contribution >= 0.6 is 0 Å². The third kappa shape index (κ3) is 4.78. The van der Waals surface area contributed by atoms with Crippen molar-refractivity contribution in [2.75, 3.05) is 26.2 Å². The van der Waals surface area contributed by atoms with Gasteiger partial charge in [0.05, 0.1) is 0 Å². The highest BCUT2D eigenvalue weighted by molar-refractivity contribution is 5.27. The number of piperazine rings is 1. The molecule has 0 aliphatic carbocycles. The van der Waals surface area contributed by atoms with Gasteiger partial charge in [-0.25, -0.2) is 8.78 Å². The fourth-order valence-electron chi connectivity index (χ4n) is 3.52. The molecule has 1 fully saturated rings. The number of aromatic hydroxyl groups is 1. The molecule has 1 atom stereocenters. The molecule has 1 aliphatic rings. The molecule has 0 bridgehead atoms. The van der Waals surface area contributed by atoms with Gasteiger partial charge in [0.1, 0.15) is 5.75 Å². The van der Waals surface area contributed by atoms with Crippen molar-refractivity contribution >= 4 is 0 Å². The zero-order valence-electron chi connectivity index (χ0n) is 14.6. The minimum absolute atomic E-state index is 0.0823. The third-order valence-electron chi connectivity index (χ3n) is 4.84. The highest BCUT2D eigenvalue weighted by Gasteiger charge is 2.26. The summed E-state index contributed by atoms with van der Waals surface area (Å²) in [6.45, 7) is 3.74. The molecule has 2 aromatic rings. The Hall–Kier alpha value is -2.02. The summed E-state index contributed by atoms with van der Waals surface area (Å²) in [7, 11) is 0. The molecule has 1 saturated heterocycles. The van der Waals surface area contributed by atoms with E-state index in [9.17, 15) is 19.0 Å². The summed E-state index contributed by atoms with van der Waals surface area (Å²) in [5.74, 6) is -1.41. The summed E-state index contributed by atoms with van der Waals surface area (Å²) >= 11 is 0. The van der Waals surface area contributed by atoms with Crippen molar-refractivity contribution in [3.8, 4) is 5.75 Å². The SMILES string of the molecule is OCCC1CN(Cc2cccc(O)c2)CCN1Cc1ccc(F)c(F)c1. The maximum atomic E-state index is 13.5. The first-order valence-electron chi connectivity index (χ1n) is 8.84. The summed E-state index contributed by atoms with van der Waals surface area (Å²) in [5, 5.41) is 19.0. The molecule has 1 unspecified atom stereocenters. The Morgan fingerprint density at radius 1 is 0.962 bits per heavy atom. The van der Waals surface area contributed by atoms with Gasteiger partial charge in [0.15, 0.2) is 11.6 Å². The van der Waals surface area contributed by atoms with Gasteiger partial charge in [-0.2, -0.15) is 0 Å². The predicted molar refractivity (Wildman–Crippen MR) is 95.6 cm³/mol. The lowest BCUT2D eigenvalue weighted by atomic mass is 10.1. The van der Waals surface area contributed by atoms with Crippen molar-refractivity contribution < 1.29 is 19.0 Å². The van der Waals surface area contributed by atoms with E-state index in [0.717, 1.165) is 43.4 Å². The van der Waals surface area contributed by atoms with Crippen LogP contribution in [-0.2, 0) is 13.1 Å². The zero-order valence-corrected chi connectivity index (χ0v) is 14.6. The fraction of sp³-hybridized carbons (Fsp3) is 0.400. The van der Waals surface area contributed by atoms with E-state index in [4.69, 9.17) is 0 Å². The molecule has 0 saturated carbocycles. The normalized spacial score (nSPS) is 19.0. The molecule has 1 heterocycles. The number of rotatable bonds is 6. The Kier molecular flexibility index (Phi) is 6.19. The maximum Gasteiger partial charge on any atom is 0.159 e. The Morgan fingerprint density at radius 2 is 1.77 bits per heavy atom. The van der Waals surface area contributed by atoms with Gasteiger partial charge >= 0.3 is 0 Å².